The Labute approximate surface area is 186 Å². The van der Waals surface area contributed by atoms with Crippen LogP contribution in [0.15, 0.2) is 23.1 Å². The van der Waals surface area contributed by atoms with E-state index in [1.807, 2.05) is 6.92 Å². The molecule has 1 fully saturated rings. The molecule has 0 spiro atoms. The second-order valence-corrected chi connectivity index (χ2v) is 12.0. The van der Waals surface area contributed by atoms with Crippen LogP contribution in [0.25, 0.3) is 0 Å². The molecule has 8 nitrogen and oxygen atoms in total. The highest BCUT2D eigenvalue weighted by molar-refractivity contribution is 7.89. The Morgan fingerprint density at radius 2 is 1.77 bits per heavy atom. The van der Waals surface area contributed by atoms with E-state index in [0.717, 1.165) is 18.4 Å². The smallest absolute Gasteiger partial charge is 0.245 e. The van der Waals surface area contributed by atoms with Gasteiger partial charge in [-0.15, -0.1) is 0 Å². The van der Waals surface area contributed by atoms with Crippen molar-refractivity contribution in [3.63, 3.8) is 0 Å². The summed E-state index contributed by atoms with van der Waals surface area (Å²) in [7, 11) is -7.05. The number of amides is 1. The number of benzene rings is 1. The average molecular weight is 472 g/mol. The number of hydrogen-bond donors (Lipinski definition) is 0. The number of fused-ring (bicyclic) bond motifs is 1. The fourth-order valence-electron chi connectivity index (χ4n) is 4.52. The number of hydrogen-bond acceptors (Lipinski definition) is 5. The zero-order valence-electron chi connectivity index (χ0n) is 18.6. The molecule has 1 aromatic rings. The van der Waals surface area contributed by atoms with Crippen LogP contribution in [0, 0.1) is 0 Å². The molecule has 0 bridgehead atoms. The molecule has 1 unspecified atom stereocenters. The van der Waals surface area contributed by atoms with Gasteiger partial charge in [0, 0.05) is 31.9 Å². The molecular weight excluding hydrogens is 438 g/mol. The number of carbonyl (C=O) groups is 1. The molecule has 174 valence electrons. The number of nitrogens with zero attached hydrogens (tertiary/aromatic N) is 3. The minimum Gasteiger partial charge on any atom is -0.310 e. The molecule has 0 aliphatic carbocycles. The van der Waals surface area contributed by atoms with Gasteiger partial charge in [-0.25, -0.2) is 16.8 Å². The first-order valence-electron chi connectivity index (χ1n) is 11.1. The van der Waals surface area contributed by atoms with Crippen molar-refractivity contribution < 1.29 is 21.6 Å². The Morgan fingerprint density at radius 1 is 1.06 bits per heavy atom. The van der Waals surface area contributed by atoms with E-state index in [2.05, 4.69) is 0 Å². The Bertz CT molecular complexity index is 1020. The standard InChI is InChI=1S/C21H33N3O5S2/c1-4-15-30(26,27)24-13-8-7-9-20(24)21(25)23-14-12-17-16-18(10-11-19(17)23)31(28,29)22(5-2)6-3/h10-11,16,20H,4-9,12-15H2,1-3H3. The highest BCUT2D eigenvalue weighted by atomic mass is 32.2. The molecule has 1 aromatic carbocycles. The van der Waals surface area contributed by atoms with Crippen LogP contribution in [0.4, 0.5) is 5.69 Å². The van der Waals surface area contributed by atoms with Crippen molar-refractivity contribution in [2.24, 2.45) is 0 Å². The van der Waals surface area contributed by atoms with Crippen LogP contribution in [0.3, 0.4) is 0 Å². The summed E-state index contributed by atoms with van der Waals surface area (Å²) in [5.41, 5.74) is 1.49. The van der Waals surface area contributed by atoms with Crippen LogP contribution in [-0.2, 0) is 31.3 Å². The molecule has 3 rings (SSSR count). The first-order valence-corrected chi connectivity index (χ1v) is 14.2. The lowest BCUT2D eigenvalue weighted by Crippen LogP contribution is -2.53. The van der Waals surface area contributed by atoms with Gasteiger partial charge < -0.3 is 4.90 Å². The molecule has 0 aromatic heterocycles. The van der Waals surface area contributed by atoms with Crippen molar-refractivity contribution in [1.29, 1.82) is 0 Å². The SMILES string of the molecule is CCCS(=O)(=O)N1CCCCC1C(=O)N1CCc2cc(S(=O)(=O)N(CC)CC)ccc21. The van der Waals surface area contributed by atoms with Crippen molar-refractivity contribution >= 4 is 31.6 Å². The molecule has 10 heteroatoms. The third-order valence-corrected chi connectivity index (χ3v) is 10.2. The summed E-state index contributed by atoms with van der Waals surface area (Å²) in [5, 5.41) is 0. The van der Waals surface area contributed by atoms with E-state index in [9.17, 15) is 21.6 Å². The molecular formula is C21H33N3O5S2. The molecule has 0 radical (unpaired) electrons. The summed E-state index contributed by atoms with van der Waals surface area (Å²) < 4.78 is 53.9. The van der Waals surface area contributed by atoms with E-state index >= 15 is 0 Å². The highest BCUT2D eigenvalue weighted by Gasteiger charge is 2.40. The van der Waals surface area contributed by atoms with Crippen molar-refractivity contribution in [3.05, 3.63) is 23.8 Å². The Kier molecular flexibility index (Phi) is 7.45. The molecule has 1 atom stereocenters. The largest absolute Gasteiger partial charge is 0.310 e. The van der Waals surface area contributed by atoms with E-state index in [-0.39, 0.29) is 16.6 Å². The summed E-state index contributed by atoms with van der Waals surface area (Å²) >= 11 is 0. The lowest BCUT2D eigenvalue weighted by atomic mass is 10.0. The number of carbonyl (C=O) groups excluding carboxylic acids is 1. The Balaban J connectivity index is 1.88. The monoisotopic (exact) mass is 471 g/mol. The molecule has 1 amide bonds. The molecule has 0 saturated carbocycles. The van der Waals surface area contributed by atoms with Gasteiger partial charge in [0.15, 0.2) is 0 Å². The van der Waals surface area contributed by atoms with Crippen molar-refractivity contribution in [2.45, 2.75) is 63.8 Å². The van der Waals surface area contributed by atoms with E-state index in [1.54, 1.807) is 36.9 Å². The first-order chi connectivity index (χ1) is 14.7. The Morgan fingerprint density at radius 3 is 2.42 bits per heavy atom. The summed E-state index contributed by atoms with van der Waals surface area (Å²) in [6.45, 7) is 7.02. The van der Waals surface area contributed by atoms with Crippen LogP contribution in [0.2, 0.25) is 0 Å². The van der Waals surface area contributed by atoms with E-state index in [0.29, 0.717) is 51.1 Å². The minimum atomic E-state index is -3.57. The highest BCUT2D eigenvalue weighted by Crippen LogP contribution is 2.33. The fraction of sp³-hybridized carbons (Fsp3) is 0.667. The second kappa shape index (κ2) is 9.56. The summed E-state index contributed by atoms with van der Waals surface area (Å²) in [6.07, 6.45) is 3.15. The van der Waals surface area contributed by atoms with Gasteiger partial charge in [0.25, 0.3) is 0 Å². The second-order valence-electron chi connectivity index (χ2n) is 8.06. The maximum Gasteiger partial charge on any atom is 0.245 e. The van der Waals surface area contributed by atoms with Crippen molar-refractivity contribution in [2.75, 3.05) is 36.8 Å². The maximum absolute atomic E-state index is 13.4. The summed E-state index contributed by atoms with van der Waals surface area (Å²) in [6, 6.07) is 4.20. The van der Waals surface area contributed by atoms with Crippen LogP contribution < -0.4 is 4.90 Å². The third-order valence-electron chi connectivity index (χ3n) is 6.11. The fourth-order valence-corrected chi connectivity index (χ4v) is 7.77. The van der Waals surface area contributed by atoms with Crippen LogP contribution >= 0.6 is 0 Å². The van der Waals surface area contributed by atoms with Crippen LogP contribution in [0.5, 0.6) is 0 Å². The van der Waals surface area contributed by atoms with Gasteiger partial charge in [0.1, 0.15) is 6.04 Å². The van der Waals surface area contributed by atoms with Crippen molar-refractivity contribution in [1.82, 2.24) is 8.61 Å². The van der Waals surface area contributed by atoms with E-state index in [4.69, 9.17) is 0 Å². The third kappa shape index (κ3) is 4.67. The maximum atomic E-state index is 13.4. The quantitative estimate of drug-likeness (QED) is 0.579. The summed E-state index contributed by atoms with van der Waals surface area (Å²) in [5.74, 6) is -0.169. The van der Waals surface area contributed by atoms with Gasteiger partial charge in [-0.1, -0.05) is 27.2 Å². The number of anilines is 1. The number of rotatable bonds is 8. The zero-order valence-corrected chi connectivity index (χ0v) is 20.2. The predicted octanol–water partition coefficient (Wildman–Crippen LogP) is 2.20. The average Bonchev–Trinajstić information content (AvgIpc) is 3.17. The molecule has 0 N–H and O–H groups in total. The number of sulfonamides is 2. The van der Waals surface area contributed by atoms with Gasteiger partial charge in [-0.05, 0) is 49.4 Å². The van der Waals surface area contributed by atoms with Gasteiger partial charge >= 0.3 is 0 Å². The normalized spacial score (nSPS) is 20.3. The topological polar surface area (TPSA) is 95.1 Å². The molecule has 31 heavy (non-hydrogen) atoms. The molecule has 2 heterocycles. The number of piperidine rings is 1. The van der Waals surface area contributed by atoms with Crippen LogP contribution in [-0.4, -0.2) is 69.3 Å². The van der Waals surface area contributed by atoms with Gasteiger partial charge in [0.2, 0.25) is 26.0 Å². The van der Waals surface area contributed by atoms with Gasteiger partial charge in [0.05, 0.1) is 10.6 Å². The summed E-state index contributed by atoms with van der Waals surface area (Å²) in [4.78, 5) is 15.3. The molecule has 1 saturated heterocycles. The van der Waals surface area contributed by atoms with Gasteiger partial charge in [-0.3, -0.25) is 4.79 Å². The predicted molar refractivity (Wildman–Crippen MR) is 121 cm³/mol. The minimum absolute atomic E-state index is 0.0416. The Hall–Kier alpha value is -1.49. The molecule has 2 aliphatic heterocycles. The van der Waals surface area contributed by atoms with Crippen LogP contribution in [0.1, 0.15) is 52.0 Å². The van der Waals surface area contributed by atoms with E-state index < -0.39 is 26.1 Å². The first kappa shape index (κ1) is 24.2. The van der Waals surface area contributed by atoms with E-state index in [1.165, 1.54) is 8.61 Å². The zero-order chi connectivity index (χ0) is 22.8. The van der Waals surface area contributed by atoms with Crippen molar-refractivity contribution in [3.8, 4) is 0 Å². The molecule has 2 aliphatic rings. The lowest BCUT2D eigenvalue weighted by molar-refractivity contribution is -0.123. The lowest BCUT2D eigenvalue weighted by Gasteiger charge is -2.36. The van der Waals surface area contributed by atoms with Gasteiger partial charge in [-0.2, -0.15) is 8.61 Å².